The summed E-state index contributed by atoms with van der Waals surface area (Å²) in [7, 11) is 1.67. The van der Waals surface area contributed by atoms with Gasteiger partial charge in [-0.2, -0.15) is 0 Å². The van der Waals surface area contributed by atoms with Crippen molar-refractivity contribution in [2.45, 2.75) is 25.3 Å². The monoisotopic (exact) mass is 389 g/mol. The van der Waals surface area contributed by atoms with Crippen LogP contribution in [0.15, 0.2) is 23.0 Å². The molecule has 1 aliphatic heterocycles. The number of imide groups is 1. The highest BCUT2D eigenvalue weighted by atomic mass is 79.9. The van der Waals surface area contributed by atoms with E-state index in [2.05, 4.69) is 33.1 Å². The molecule has 6 nitrogen and oxygen atoms in total. The van der Waals surface area contributed by atoms with Crippen molar-refractivity contribution in [1.29, 1.82) is 0 Å². The summed E-state index contributed by atoms with van der Waals surface area (Å²) in [5.41, 5.74) is 1.82. The predicted octanol–water partition coefficient (Wildman–Crippen LogP) is 1.45. The molecule has 7 heteroatoms. The first-order valence-electron chi connectivity index (χ1n) is 7.63. The molecule has 124 valence electrons. The first kappa shape index (κ1) is 16.5. The Bertz CT molecular complexity index is 946. The van der Waals surface area contributed by atoms with E-state index < -0.39 is 11.9 Å². The second-order valence-electron chi connectivity index (χ2n) is 5.59. The molecule has 1 N–H and O–H groups in total. The van der Waals surface area contributed by atoms with Gasteiger partial charge in [0.15, 0.2) is 0 Å². The lowest BCUT2D eigenvalue weighted by molar-refractivity contribution is -0.135. The van der Waals surface area contributed by atoms with Gasteiger partial charge in [-0.05, 0) is 18.6 Å². The number of carbonyl (C=O) groups excluding carboxylic acids is 2. The third-order valence-electron chi connectivity index (χ3n) is 4.07. The fraction of sp³-hybridized carbons (Fsp3) is 0.353. The van der Waals surface area contributed by atoms with Gasteiger partial charge < -0.3 is 0 Å². The SMILES string of the molecule is Cn1c(=O)n(C2CCC(=O)NC2=O)c2cccc(C#CCCBr)c21. The lowest BCUT2D eigenvalue weighted by atomic mass is 10.1. The molecule has 0 spiro atoms. The second kappa shape index (κ2) is 6.65. The Kier molecular flexibility index (Phi) is 4.58. The topological polar surface area (TPSA) is 73.1 Å². The van der Waals surface area contributed by atoms with E-state index in [-0.39, 0.29) is 18.0 Å². The molecule has 1 fully saturated rings. The van der Waals surface area contributed by atoms with Gasteiger partial charge in [0.05, 0.1) is 16.6 Å². The van der Waals surface area contributed by atoms with Crippen molar-refractivity contribution < 1.29 is 9.59 Å². The van der Waals surface area contributed by atoms with Gasteiger partial charge in [-0.15, -0.1) is 0 Å². The summed E-state index contributed by atoms with van der Waals surface area (Å²) >= 11 is 3.33. The van der Waals surface area contributed by atoms with Crippen molar-refractivity contribution in [3.63, 3.8) is 0 Å². The summed E-state index contributed by atoms with van der Waals surface area (Å²) in [4.78, 5) is 36.2. The molecular formula is C17H16BrN3O3. The predicted molar refractivity (Wildman–Crippen MR) is 93.9 cm³/mol. The zero-order chi connectivity index (χ0) is 17.3. The number of amides is 2. The van der Waals surface area contributed by atoms with E-state index in [1.165, 1.54) is 9.13 Å². The summed E-state index contributed by atoms with van der Waals surface area (Å²) in [5, 5.41) is 3.09. The Balaban J connectivity index is 2.17. The van der Waals surface area contributed by atoms with E-state index in [9.17, 15) is 14.4 Å². The number of benzene rings is 1. The number of nitrogens with zero attached hydrogens (tertiary/aromatic N) is 2. The standard InChI is InChI=1S/C17H16BrN3O3/c1-20-15-11(5-2-3-10-18)6-4-7-12(15)21(17(20)24)13-8-9-14(22)19-16(13)23/h4,6-7,13H,3,8-10H2,1H3,(H,19,22,23). The zero-order valence-corrected chi connectivity index (χ0v) is 14.7. The molecule has 0 radical (unpaired) electrons. The number of fused-ring (bicyclic) bond motifs is 1. The fourth-order valence-corrected chi connectivity index (χ4v) is 3.17. The molecule has 0 bridgehead atoms. The molecule has 2 amide bonds. The number of piperidine rings is 1. The molecule has 1 unspecified atom stereocenters. The third-order valence-corrected chi connectivity index (χ3v) is 4.46. The summed E-state index contributed by atoms with van der Waals surface area (Å²) in [6.45, 7) is 0. The lowest BCUT2D eigenvalue weighted by Crippen LogP contribution is -2.44. The quantitative estimate of drug-likeness (QED) is 0.479. The van der Waals surface area contributed by atoms with E-state index in [1.54, 1.807) is 13.1 Å². The highest BCUT2D eigenvalue weighted by Gasteiger charge is 2.31. The van der Waals surface area contributed by atoms with Gasteiger partial charge in [0.2, 0.25) is 11.8 Å². The molecule has 2 heterocycles. The second-order valence-corrected chi connectivity index (χ2v) is 6.39. The minimum Gasteiger partial charge on any atom is -0.295 e. The van der Waals surface area contributed by atoms with E-state index >= 15 is 0 Å². The summed E-state index contributed by atoms with van der Waals surface area (Å²) < 4.78 is 2.98. The molecule has 24 heavy (non-hydrogen) atoms. The minimum absolute atomic E-state index is 0.226. The van der Waals surface area contributed by atoms with Crippen LogP contribution >= 0.6 is 15.9 Å². The van der Waals surface area contributed by atoms with Crippen LogP contribution in [0.2, 0.25) is 0 Å². The number of aryl methyl sites for hydroxylation is 1. The highest BCUT2D eigenvalue weighted by molar-refractivity contribution is 9.09. The van der Waals surface area contributed by atoms with E-state index in [0.717, 1.165) is 10.9 Å². The van der Waals surface area contributed by atoms with Crippen LogP contribution in [0.25, 0.3) is 11.0 Å². The van der Waals surface area contributed by atoms with Crippen molar-refractivity contribution in [2.24, 2.45) is 7.05 Å². The average Bonchev–Trinajstić information content (AvgIpc) is 2.81. The first-order chi connectivity index (χ1) is 11.5. The lowest BCUT2D eigenvalue weighted by Gasteiger charge is -2.21. The number of rotatable bonds is 2. The van der Waals surface area contributed by atoms with Gasteiger partial charge in [0.1, 0.15) is 6.04 Å². The van der Waals surface area contributed by atoms with Crippen LogP contribution in [0.3, 0.4) is 0 Å². The fourth-order valence-electron chi connectivity index (χ4n) is 2.97. The van der Waals surface area contributed by atoms with Crippen molar-refractivity contribution >= 4 is 38.8 Å². The number of hydrogen-bond donors (Lipinski definition) is 1. The van der Waals surface area contributed by atoms with Gasteiger partial charge in [-0.25, -0.2) is 4.79 Å². The Morgan fingerprint density at radius 3 is 2.83 bits per heavy atom. The average molecular weight is 390 g/mol. The number of halogens is 1. The molecule has 1 aromatic heterocycles. The minimum atomic E-state index is -0.676. The van der Waals surface area contributed by atoms with Gasteiger partial charge in [-0.3, -0.25) is 24.0 Å². The number of carbonyl (C=O) groups is 2. The van der Waals surface area contributed by atoms with E-state index in [0.29, 0.717) is 23.9 Å². The smallest absolute Gasteiger partial charge is 0.295 e. The Hall–Kier alpha value is -2.33. The van der Waals surface area contributed by atoms with Crippen LogP contribution < -0.4 is 11.0 Å². The van der Waals surface area contributed by atoms with Gasteiger partial charge >= 0.3 is 5.69 Å². The van der Waals surface area contributed by atoms with Crippen molar-refractivity contribution in [3.05, 3.63) is 34.2 Å². The maximum absolute atomic E-state index is 12.7. The molecule has 2 aromatic rings. The number of imidazole rings is 1. The van der Waals surface area contributed by atoms with Crippen LogP contribution in [0, 0.1) is 11.8 Å². The Morgan fingerprint density at radius 2 is 2.12 bits per heavy atom. The normalized spacial score (nSPS) is 17.5. The summed E-state index contributed by atoms with van der Waals surface area (Å²) in [6.07, 6.45) is 1.26. The van der Waals surface area contributed by atoms with Crippen LogP contribution in [-0.4, -0.2) is 26.3 Å². The van der Waals surface area contributed by atoms with Gasteiger partial charge in [0.25, 0.3) is 0 Å². The maximum Gasteiger partial charge on any atom is 0.329 e. The molecule has 0 aliphatic carbocycles. The van der Waals surface area contributed by atoms with Gasteiger partial charge in [0, 0.05) is 25.2 Å². The van der Waals surface area contributed by atoms with Crippen LogP contribution in [0.4, 0.5) is 0 Å². The zero-order valence-electron chi connectivity index (χ0n) is 13.1. The molecule has 1 atom stereocenters. The van der Waals surface area contributed by atoms with Crippen LogP contribution in [0.5, 0.6) is 0 Å². The maximum atomic E-state index is 12.7. The molecule has 1 aromatic carbocycles. The van der Waals surface area contributed by atoms with Crippen molar-refractivity contribution in [2.75, 3.05) is 5.33 Å². The molecule has 3 rings (SSSR count). The number of nitrogens with one attached hydrogen (secondary N) is 1. The molecule has 0 saturated carbocycles. The van der Waals surface area contributed by atoms with Crippen molar-refractivity contribution in [1.82, 2.24) is 14.5 Å². The number of hydrogen-bond acceptors (Lipinski definition) is 3. The van der Waals surface area contributed by atoms with Crippen LogP contribution in [-0.2, 0) is 16.6 Å². The van der Waals surface area contributed by atoms with E-state index in [1.807, 2.05) is 12.1 Å². The third kappa shape index (κ3) is 2.78. The first-order valence-corrected chi connectivity index (χ1v) is 8.75. The summed E-state index contributed by atoms with van der Waals surface area (Å²) in [5.74, 6) is 5.40. The van der Waals surface area contributed by atoms with Crippen LogP contribution in [0.1, 0.15) is 30.9 Å². The Labute approximate surface area is 147 Å². The largest absolute Gasteiger partial charge is 0.329 e. The highest BCUT2D eigenvalue weighted by Crippen LogP contribution is 2.24. The Morgan fingerprint density at radius 1 is 1.33 bits per heavy atom. The van der Waals surface area contributed by atoms with Gasteiger partial charge in [-0.1, -0.05) is 33.8 Å². The molecule has 1 saturated heterocycles. The number of aromatic nitrogens is 2. The molecular weight excluding hydrogens is 374 g/mol. The van der Waals surface area contributed by atoms with Crippen molar-refractivity contribution in [3.8, 4) is 11.8 Å². The van der Waals surface area contributed by atoms with E-state index in [4.69, 9.17) is 0 Å². The number of para-hydroxylation sites is 1. The number of alkyl halides is 1. The molecule has 1 aliphatic rings. The summed E-state index contributed by atoms with van der Waals surface area (Å²) in [6, 6.07) is 4.81.